The van der Waals surface area contributed by atoms with Gasteiger partial charge < -0.3 is 15.5 Å². The Hall–Kier alpha value is -2.86. The quantitative estimate of drug-likeness (QED) is 0.474. The van der Waals surface area contributed by atoms with E-state index in [1.165, 1.54) is 37.1 Å². The maximum atomic E-state index is 12.1. The lowest BCUT2D eigenvalue weighted by Crippen LogP contribution is -2.36. The molecule has 0 aliphatic carbocycles. The zero-order chi connectivity index (χ0) is 23.6. The third-order valence-electron chi connectivity index (χ3n) is 6.10. The highest BCUT2D eigenvalue weighted by Crippen LogP contribution is 2.18. The summed E-state index contributed by atoms with van der Waals surface area (Å²) in [7, 11) is 3.53. The number of amides is 1. The van der Waals surface area contributed by atoms with Gasteiger partial charge in [-0.3, -0.25) is 9.69 Å². The Morgan fingerprint density at radius 1 is 1.03 bits per heavy atom. The number of aliphatic imine (C=N–C) groups is 1. The molecule has 33 heavy (non-hydrogen) atoms. The van der Waals surface area contributed by atoms with Crippen molar-refractivity contribution in [3.8, 4) is 0 Å². The van der Waals surface area contributed by atoms with Crippen LogP contribution in [-0.2, 0) is 19.6 Å². The second-order valence-electron chi connectivity index (χ2n) is 9.22. The van der Waals surface area contributed by atoms with Crippen molar-refractivity contribution in [2.75, 3.05) is 33.7 Å². The summed E-state index contributed by atoms with van der Waals surface area (Å²) in [5.74, 6) is 1.67. The molecule has 0 unspecified atom stereocenters. The second kappa shape index (κ2) is 12.4. The highest BCUT2D eigenvalue weighted by Gasteiger charge is 2.15. The van der Waals surface area contributed by atoms with E-state index < -0.39 is 0 Å². The van der Waals surface area contributed by atoms with Crippen molar-refractivity contribution in [1.29, 1.82) is 0 Å². The van der Waals surface area contributed by atoms with Gasteiger partial charge >= 0.3 is 0 Å². The summed E-state index contributed by atoms with van der Waals surface area (Å²) in [6.07, 6.45) is 2.60. The average molecular weight is 450 g/mol. The molecule has 178 valence electrons. The summed E-state index contributed by atoms with van der Waals surface area (Å²) in [6.45, 7) is 9.92. The molecule has 1 fully saturated rings. The minimum absolute atomic E-state index is 0.0153. The van der Waals surface area contributed by atoms with E-state index in [1.807, 2.05) is 24.3 Å². The molecule has 0 aromatic heterocycles. The van der Waals surface area contributed by atoms with Crippen molar-refractivity contribution in [3.63, 3.8) is 0 Å². The zero-order valence-electron chi connectivity index (χ0n) is 20.6. The molecule has 2 N–H and O–H groups in total. The van der Waals surface area contributed by atoms with E-state index in [2.05, 4.69) is 53.6 Å². The summed E-state index contributed by atoms with van der Waals surface area (Å²) in [6, 6.07) is 16.5. The summed E-state index contributed by atoms with van der Waals surface area (Å²) in [5, 5.41) is 6.72. The van der Waals surface area contributed by atoms with Crippen LogP contribution < -0.4 is 10.6 Å². The van der Waals surface area contributed by atoms with Gasteiger partial charge in [-0.15, -0.1) is 0 Å². The first kappa shape index (κ1) is 24.8. The highest BCUT2D eigenvalue weighted by atomic mass is 16.2. The van der Waals surface area contributed by atoms with E-state index in [9.17, 15) is 4.79 Å². The molecular formula is C27H39N5O. The van der Waals surface area contributed by atoms with Crippen LogP contribution in [0.3, 0.4) is 0 Å². The molecule has 1 heterocycles. The fourth-order valence-corrected chi connectivity index (χ4v) is 4.03. The number of rotatable bonds is 8. The van der Waals surface area contributed by atoms with Gasteiger partial charge in [-0.1, -0.05) is 43.3 Å². The predicted octanol–water partition coefficient (Wildman–Crippen LogP) is 3.88. The first-order valence-electron chi connectivity index (χ1n) is 12.1. The van der Waals surface area contributed by atoms with Crippen LogP contribution in [0.4, 0.5) is 0 Å². The first-order chi connectivity index (χ1) is 15.9. The molecule has 3 rings (SSSR count). The van der Waals surface area contributed by atoms with Crippen LogP contribution in [0.15, 0.2) is 53.5 Å². The molecule has 0 radical (unpaired) electrons. The molecule has 1 aliphatic rings. The molecule has 2 aromatic carbocycles. The topological polar surface area (TPSA) is 60.0 Å². The molecule has 1 saturated heterocycles. The van der Waals surface area contributed by atoms with Crippen LogP contribution in [0.25, 0.3) is 0 Å². The Morgan fingerprint density at radius 3 is 2.39 bits per heavy atom. The molecule has 2 aromatic rings. The van der Waals surface area contributed by atoms with Gasteiger partial charge in [-0.25, -0.2) is 4.99 Å². The minimum atomic E-state index is 0.0153. The number of nitrogens with one attached hydrogen (secondary N) is 2. The SMILES string of the molecule is CCNC(=NCc1cccc(CN2CCC(C)CC2)c1)NCc1ccc(C(=O)N(C)C)cc1. The van der Waals surface area contributed by atoms with Gasteiger partial charge in [-0.2, -0.15) is 0 Å². The summed E-state index contributed by atoms with van der Waals surface area (Å²) >= 11 is 0. The molecule has 6 nitrogen and oxygen atoms in total. The number of piperidine rings is 1. The standard InChI is InChI=1S/C27H39N5O/c1-5-28-27(29-18-22-9-11-25(12-10-22)26(33)31(3)4)30-19-23-7-6-8-24(17-23)20-32-15-13-21(2)14-16-32/h6-12,17,21H,5,13-16,18-20H2,1-4H3,(H2,28,29,30). The highest BCUT2D eigenvalue weighted by molar-refractivity contribution is 5.93. The van der Waals surface area contributed by atoms with Crippen molar-refractivity contribution in [1.82, 2.24) is 20.4 Å². The van der Waals surface area contributed by atoms with E-state index in [1.54, 1.807) is 19.0 Å². The van der Waals surface area contributed by atoms with Gasteiger partial charge in [0.15, 0.2) is 5.96 Å². The molecule has 0 bridgehead atoms. The average Bonchev–Trinajstić information content (AvgIpc) is 2.82. The van der Waals surface area contributed by atoms with Gasteiger partial charge in [0.2, 0.25) is 0 Å². The normalized spacial score (nSPS) is 15.3. The van der Waals surface area contributed by atoms with E-state index in [4.69, 9.17) is 4.99 Å². The predicted molar refractivity (Wildman–Crippen MR) is 136 cm³/mol. The van der Waals surface area contributed by atoms with Gasteiger partial charge in [0.05, 0.1) is 6.54 Å². The first-order valence-corrected chi connectivity index (χ1v) is 12.1. The Bertz CT molecular complexity index is 914. The van der Waals surface area contributed by atoms with Crippen LogP contribution in [0, 0.1) is 5.92 Å². The maximum Gasteiger partial charge on any atom is 0.253 e. The van der Waals surface area contributed by atoms with Crippen molar-refractivity contribution in [2.24, 2.45) is 10.9 Å². The van der Waals surface area contributed by atoms with E-state index in [0.29, 0.717) is 18.7 Å². The molecule has 0 saturated carbocycles. The number of carbonyl (C=O) groups is 1. The van der Waals surface area contributed by atoms with Crippen molar-refractivity contribution >= 4 is 11.9 Å². The monoisotopic (exact) mass is 449 g/mol. The van der Waals surface area contributed by atoms with Crippen LogP contribution in [0.2, 0.25) is 0 Å². The molecule has 0 spiro atoms. The number of hydrogen-bond donors (Lipinski definition) is 2. The third kappa shape index (κ3) is 7.90. The second-order valence-corrected chi connectivity index (χ2v) is 9.22. The fourth-order valence-electron chi connectivity index (χ4n) is 4.03. The van der Waals surface area contributed by atoms with E-state index in [0.717, 1.165) is 30.5 Å². The lowest BCUT2D eigenvalue weighted by Gasteiger charge is -2.30. The smallest absolute Gasteiger partial charge is 0.253 e. The largest absolute Gasteiger partial charge is 0.357 e. The van der Waals surface area contributed by atoms with Crippen molar-refractivity contribution in [2.45, 2.75) is 46.3 Å². The van der Waals surface area contributed by atoms with E-state index in [-0.39, 0.29) is 5.91 Å². The Labute approximate surface area is 199 Å². The Morgan fingerprint density at radius 2 is 1.73 bits per heavy atom. The van der Waals surface area contributed by atoms with Crippen LogP contribution in [0.5, 0.6) is 0 Å². The Balaban J connectivity index is 1.55. The summed E-state index contributed by atoms with van der Waals surface area (Å²) in [4.78, 5) is 21.0. The minimum Gasteiger partial charge on any atom is -0.357 e. The number of likely N-dealkylation sites (tertiary alicyclic amines) is 1. The molecule has 6 heteroatoms. The fraction of sp³-hybridized carbons (Fsp3) is 0.481. The van der Waals surface area contributed by atoms with E-state index >= 15 is 0 Å². The summed E-state index contributed by atoms with van der Waals surface area (Å²) in [5.41, 5.74) is 4.39. The summed E-state index contributed by atoms with van der Waals surface area (Å²) < 4.78 is 0. The number of hydrogen-bond acceptors (Lipinski definition) is 3. The number of guanidine groups is 1. The molecule has 1 aliphatic heterocycles. The maximum absolute atomic E-state index is 12.1. The zero-order valence-corrected chi connectivity index (χ0v) is 20.6. The molecule has 1 amide bonds. The number of benzene rings is 2. The van der Waals surface area contributed by atoms with Gasteiger partial charge in [0.25, 0.3) is 5.91 Å². The molecule has 0 atom stereocenters. The van der Waals surface area contributed by atoms with Crippen molar-refractivity contribution in [3.05, 3.63) is 70.8 Å². The van der Waals surface area contributed by atoms with Crippen LogP contribution >= 0.6 is 0 Å². The van der Waals surface area contributed by atoms with Gasteiger partial charge in [0, 0.05) is 39.3 Å². The lowest BCUT2D eigenvalue weighted by molar-refractivity contribution is 0.0827. The van der Waals surface area contributed by atoms with Crippen molar-refractivity contribution < 1.29 is 4.79 Å². The molecular weight excluding hydrogens is 410 g/mol. The Kier molecular flexibility index (Phi) is 9.31. The van der Waals surface area contributed by atoms with Gasteiger partial charge in [0.1, 0.15) is 0 Å². The third-order valence-corrected chi connectivity index (χ3v) is 6.10. The lowest BCUT2D eigenvalue weighted by atomic mass is 9.98. The van der Waals surface area contributed by atoms with Crippen LogP contribution in [0.1, 0.15) is 53.7 Å². The van der Waals surface area contributed by atoms with Crippen LogP contribution in [-0.4, -0.2) is 55.4 Å². The number of carbonyl (C=O) groups excluding carboxylic acids is 1. The van der Waals surface area contributed by atoms with Gasteiger partial charge in [-0.05, 0) is 67.6 Å². The number of nitrogens with zero attached hydrogens (tertiary/aromatic N) is 3.